The molecule has 2 atom stereocenters. The van der Waals surface area contributed by atoms with E-state index in [0.717, 1.165) is 12.8 Å². The molecule has 0 saturated carbocycles. The number of anilines is 1. The van der Waals surface area contributed by atoms with Gasteiger partial charge in [0.2, 0.25) is 5.91 Å². The van der Waals surface area contributed by atoms with Crippen molar-refractivity contribution in [2.75, 3.05) is 11.4 Å². The van der Waals surface area contributed by atoms with Gasteiger partial charge >= 0.3 is 0 Å². The molecule has 0 spiro atoms. The number of hydrogen-bond acceptors (Lipinski definition) is 2. The number of carbonyl (C=O) groups is 2. The second kappa shape index (κ2) is 5.13. The summed E-state index contributed by atoms with van der Waals surface area (Å²) in [5, 5.41) is 0. The summed E-state index contributed by atoms with van der Waals surface area (Å²) >= 11 is 0. The minimum atomic E-state index is -0.475. The normalized spacial score (nSPS) is 25.5. The average Bonchev–Trinajstić information content (AvgIpc) is 2.95. The molecule has 2 unspecified atom stereocenters. The molecule has 2 aliphatic heterocycles. The fourth-order valence-corrected chi connectivity index (χ4v) is 3.35. The number of hydrogen-bond donors (Lipinski definition) is 0. The molecule has 0 N–H and O–H groups in total. The molecule has 2 aliphatic rings. The van der Waals surface area contributed by atoms with Gasteiger partial charge < -0.3 is 4.90 Å². The number of piperazine rings is 1. The van der Waals surface area contributed by atoms with Crippen LogP contribution in [0.2, 0.25) is 0 Å². The number of amides is 2. The van der Waals surface area contributed by atoms with E-state index in [9.17, 15) is 14.0 Å². The third-order valence-corrected chi connectivity index (χ3v) is 4.46. The molecule has 2 amide bonds. The Hall–Kier alpha value is -1.91. The molecule has 112 valence electrons. The first kappa shape index (κ1) is 14.0. The third kappa shape index (κ3) is 2.11. The highest BCUT2D eigenvalue weighted by molar-refractivity contribution is 6.08. The van der Waals surface area contributed by atoms with Crippen LogP contribution in [0.4, 0.5) is 10.1 Å². The van der Waals surface area contributed by atoms with Gasteiger partial charge in [0.1, 0.15) is 17.9 Å². The van der Waals surface area contributed by atoms with E-state index in [1.54, 1.807) is 28.9 Å². The van der Waals surface area contributed by atoms with Crippen LogP contribution in [0.5, 0.6) is 0 Å². The molecular formula is C16H19FN2O2. The molecule has 3 rings (SSSR count). The van der Waals surface area contributed by atoms with Crippen LogP contribution in [-0.4, -0.2) is 35.3 Å². The summed E-state index contributed by atoms with van der Waals surface area (Å²) < 4.78 is 13.5. The summed E-state index contributed by atoms with van der Waals surface area (Å²) in [4.78, 5) is 28.6. The van der Waals surface area contributed by atoms with Gasteiger partial charge in [-0.3, -0.25) is 14.5 Å². The maximum absolute atomic E-state index is 13.5. The van der Waals surface area contributed by atoms with Gasteiger partial charge in [0.05, 0.1) is 0 Å². The van der Waals surface area contributed by atoms with E-state index in [2.05, 4.69) is 0 Å². The van der Waals surface area contributed by atoms with Crippen molar-refractivity contribution in [3.63, 3.8) is 0 Å². The van der Waals surface area contributed by atoms with Gasteiger partial charge in [-0.25, -0.2) is 4.39 Å². The molecule has 21 heavy (non-hydrogen) atoms. The van der Waals surface area contributed by atoms with E-state index >= 15 is 0 Å². The molecule has 2 fully saturated rings. The molecule has 0 bridgehead atoms. The minimum Gasteiger partial charge on any atom is -0.329 e. The zero-order valence-electron chi connectivity index (χ0n) is 12.3. The molecule has 2 heterocycles. The van der Waals surface area contributed by atoms with E-state index in [1.165, 1.54) is 6.07 Å². The van der Waals surface area contributed by atoms with Gasteiger partial charge in [0.15, 0.2) is 0 Å². The van der Waals surface area contributed by atoms with Crippen molar-refractivity contribution >= 4 is 17.5 Å². The monoisotopic (exact) mass is 290 g/mol. The van der Waals surface area contributed by atoms with Crippen LogP contribution in [0.15, 0.2) is 18.2 Å². The maximum Gasteiger partial charge on any atom is 0.250 e. The highest BCUT2D eigenvalue weighted by Gasteiger charge is 2.47. The number of nitrogens with zero attached hydrogens (tertiary/aromatic N) is 2. The minimum absolute atomic E-state index is 0.0154. The second-order valence-corrected chi connectivity index (χ2v) is 5.76. The zero-order valence-corrected chi connectivity index (χ0v) is 12.3. The smallest absolute Gasteiger partial charge is 0.250 e. The van der Waals surface area contributed by atoms with Gasteiger partial charge in [0, 0.05) is 12.2 Å². The summed E-state index contributed by atoms with van der Waals surface area (Å²) in [6.07, 6.45) is 2.15. The Bertz CT molecular complexity index is 602. The third-order valence-electron chi connectivity index (χ3n) is 4.46. The molecule has 2 saturated heterocycles. The van der Waals surface area contributed by atoms with Crippen molar-refractivity contribution in [1.82, 2.24) is 4.90 Å². The molecule has 1 aromatic rings. The summed E-state index contributed by atoms with van der Waals surface area (Å²) in [6, 6.07) is 3.77. The highest BCUT2D eigenvalue weighted by atomic mass is 19.1. The largest absolute Gasteiger partial charge is 0.329 e. The van der Waals surface area contributed by atoms with Crippen LogP contribution in [0.1, 0.15) is 31.7 Å². The van der Waals surface area contributed by atoms with Gasteiger partial charge in [-0.15, -0.1) is 0 Å². The van der Waals surface area contributed by atoms with Crippen LogP contribution in [0.25, 0.3) is 0 Å². The van der Waals surface area contributed by atoms with Gasteiger partial charge in [-0.1, -0.05) is 6.92 Å². The predicted molar refractivity (Wildman–Crippen MR) is 77.4 cm³/mol. The predicted octanol–water partition coefficient (Wildman–Crippen LogP) is 2.25. The SMILES string of the molecule is CCC1C(=O)N2CCCC2C(=O)N1c1ccc(F)c(C)c1. The average molecular weight is 290 g/mol. The summed E-state index contributed by atoms with van der Waals surface area (Å²) in [5.74, 6) is -0.323. The molecule has 0 aromatic heterocycles. The fourth-order valence-electron chi connectivity index (χ4n) is 3.35. The van der Waals surface area contributed by atoms with Gasteiger partial charge in [0.25, 0.3) is 5.91 Å². The van der Waals surface area contributed by atoms with Crippen molar-refractivity contribution in [3.8, 4) is 0 Å². The number of aryl methyl sites for hydroxylation is 1. The first-order valence-corrected chi connectivity index (χ1v) is 7.44. The van der Waals surface area contributed by atoms with E-state index in [-0.39, 0.29) is 23.7 Å². The quantitative estimate of drug-likeness (QED) is 0.838. The van der Waals surface area contributed by atoms with Crippen molar-refractivity contribution < 1.29 is 14.0 Å². The second-order valence-electron chi connectivity index (χ2n) is 5.76. The van der Waals surface area contributed by atoms with Crippen LogP contribution >= 0.6 is 0 Å². The topological polar surface area (TPSA) is 40.6 Å². The number of carbonyl (C=O) groups excluding carboxylic acids is 2. The Balaban J connectivity index is 2.03. The Morgan fingerprint density at radius 1 is 1.29 bits per heavy atom. The van der Waals surface area contributed by atoms with Crippen LogP contribution in [0.3, 0.4) is 0 Å². The molecule has 4 nitrogen and oxygen atoms in total. The number of rotatable bonds is 2. The van der Waals surface area contributed by atoms with E-state index in [4.69, 9.17) is 0 Å². The standard InChI is InChI=1S/C16H19FN2O2/c1-3-13-15(20)18-8-4-5-14(18)16(21)19(13)11-6-7-12(17)10(2)9-11/h6-7,9,13-14H,3-5,8H2,1-2H3. The van der Waals surface area contributed by atoms with E-state index in [0.29, 0.717) is 24.2 Å². The highest BCUT2D eigenvalue weighted by Crippen LogP contribution is 2.32. The number of benzene rings is 1. The van der Waals surface area contributed by atoms with E-state index < -0.39 is 6.04 Å². The number of halogens is 1. The molecule has 5 heteroatoms. The number of fused-ring (bicyclic) bond motifs is 1. The lowest BCUT2D eigenvalue weighted by Gasteiger charge is -2.42. The van der Waals surface area contributed by atoms with Crippen LogP contribution < -0.4 is 4.90 Å². The molecule has 0 radical (unpaired) electrons. The summed E-state index contributed by atoms with van der Waals surface area (Å²) in [5.41, 5.74) is 1.10. The first-order valence-electron chi connectivity index (χ1n) is 7.44. The Labute approximate surface area is 123 Å². The zero-order chi connectivity index (χ0) is 15.1. The lowest BCUT2D eigenvalue weighted by atomic mass is 10.0. The molecule has 0 aliphatic carbocycles. The fraction of sp³-hybridized carbons (Fsp3) is 0.500. The lowest BCUT2D eigenvalue weighted by Crippen LogP contribution is -2.63. The first-order chi connectivity index (χ1) is 10.0. The van der Waals surface area contributed by atoms with Gasteiger partial charge in [-0.05, 0) is 49.9 Å². The van der Waals surface area contributed by atoms with Crippen LogP contribution in [-0.2, 0) is 9.59 Å². The Morgan fingerprint density at radius 2 is 2.05 bits per heavy atom. The van der Waals surface area contributed by atoms with Crippen molar-refractivity contribution in [3.05, 3.63) is 29.6 Å². The lowest BCUT2D eigenvalue weighted by molar-refractivity contribution is -0.144. The van der Waals surface area contributed by atoms with Gasteiger partial charge in [-0.2, -0.15) is 0 Å². The van der Waals surface area contributed by atoms with Crippen molar-refractivity contribution in [2.24, 2.45) is 0 Å². The Morgan fingerprint density at radius 3 is 2.71 bits per heavy atom. The van der Waals surface area contributed by atoms with E-state index in [1.807, 2.05) is 6.92 Å². The summed E-state index contributed by atoms with van der Waals surface area (Å²) in [7, 11) is 0. The molecular weight excluding hydrogens is 271 g/mol. The van der Waals surface area contributed by atoms with Crippen molar-refractivity contribution in [2.45, 2.75) is 45.2 Å². The van der Waals surface area contributed by atoms with Crippen LogP contribution in [0, 0.1) is 12.7 Å². The Kier molecular flexibility index (Phi) is 3.43. The maximum atomic E-state index is 13.5. The molecule has 1 aromatic carbocycles. The summed E-state index contributed by atoms with van der Waals surface area (Å²) in [6.45, 7) is 4.23. The van der Waals surface area contributed by atoms with Crippen molar-refractivity contribution in [1.29, 1.82) is 0 Å².